The first-order valence-corrected chi connectivity index (χ1v) is 7.96. The smallest absolute Gasteiger partial charge is 0.311 e. The van der Waals surface area contributed by atoms with Crippen LogP contribution in [0.3, 0.4) is 0 Å². The van der Waals surface area contributed by atoms with Gasteiger partial charge in [0, 0.05) is 25.3 Å². The van der Waals surface area contributed by atoms with Crippen molar-refractivity contribution in [2.24, 2.45) is 5.41 Å². The first-order chi connectivity index (χ1) is 10.4. The third kappa shape index (κ3) is 3.15. The van der Waals surface area contributed by atoms with Gasteiger partial charge in [-0.1, -0.05) is 13.3 Å². The summed E-state index contributed by atoms with van der Waals surface area (Å²) >= 11 is 0. The van der Waals surface area contributed by atoms with Gasteiger partial charge < -0.3 is 10.0 Å². The van der Waals surface area contributed by atoms with Crippen molar-refractivity contribution < 1.29 is 14.7 Å². The number of nitrogens with zero attached hydrogens (tertiary/aromatic N) is 3. The van der Waals surface area contributed by atoms with Crippen molar-refractivity contribution in [2.75, 3.05) is 13.1 Å². The summed E-state index contributed by atoms with van der Waals surface area (Å²) in [6.07, 6.45) is 6.10. The number of likely N-dealkylation sites (tertiary alicyclic amines) is 1. The fourth-order valence-corrected chi connectivity index (χ4v) is 3.18. The molecular weight excluding hydrogens is 282 g/mol. The second-order valence-electron chi connectivity index (χ2n) is 6.47. The Morgan fingerprint density at radius 3 is 2.73 bits per heavy atom. The van der Waals surface area contributed by atoms with Crippen LogP contribution >= 0.6 is 0 Å². The summed E-state index contributed by atoms with van der Waals surface area (Å²) in [6, 6.07) is 0.195. The summed E-state index contributed by atoms with van der Waals surface area (Å²) in [5.74, 6) is -0.905. The van der Waals surface area contributed by atoms with E-state index in [9.17, 15) is 14.7 Å². The Hall–Kier alpha value is -1.85. The van der Waals surface area contributed by atoms with Crippen molar-refractivity contribution in [3.05, 3.63) is 18.0 Å². The summed E-state index contributed by atoms with van der Waals surface area (Å²) in [4.78, 5) is 26.0. The van der Waals surface area contributed by atoms with Crippen molar-refractivity contribution in [2.45, 2.75) is 52.5 Å². The Morgan fingerprint density at radius 2 is 2.18 bits per heavy atom. The molecule has 1 aliphatic rings. The molecule has 1 aromatic heterocycles. The van der Waals surface area contributed by atoms with Gasteiger partial charge >= 0.3 is 5.97 Å². The van der Waals surface area contributed by atoms with E-state index >= 15 is 0 Å². The van der Waals surface area contributed by atoms with Crippen LogP contribution in [-0.4, -0.2) is 44.8 Å². The molecule has 6 nitrogen and oxygen atoms in total. The summed E-state index contributed by atoms with van der Waals surface area (Å²) in [5.41, 5.74) is -0.261. The van der Waals surface area contributed by atoms with Crippen LogP contribution in [0, 0.1) is 5.41 Å². The molecule has 0 aliphatic carbocycles. The molecule has 2 heterocycles. The minimum Gasteiger partial charge on any atom is -0.481 e. The molecule has 0 bridgehead atoms. The fourth-order valence-electron chi connectivity index (χ4n) is 3.18. The number of aromatic nitrogens is 2. The van der Waals surface area contributed by atoms with Gasteiger partial charge in [0.1, 0.15) is 0 Å². The molecule has 1 saturated heterocycles. The number of hydrogen-bond acceptors (Lipinski definition) is 3. The maximum Gasteiger partial charge on any atom is 0.311 e. The molecule has 122 valence electrons. The predicted octanol–water partition coefficient (Wildman–Crippen LogP) is 2.57. The molecule has 0 radical (unpaired) electrons. The predicted molar refractivity (Wildman–Crippen MR) is 82.7 cm³/mol. The van der Waals surface area contributed by atoms with E-state index in [2.05, 4.69) is 5.10 Å². The van der Waals surface area contributed by atoms with Crippen molar-refractivity contribution in [3.8, 4) is 0 Å². The van der Waals surface area contributed by atoms with Crippen molar-refractivity contribution in [1.29, 1.82) is 0 Å². The van der Waals surface area contributed by atoms with Crippen LogP contribution in [0.25, 0.3) is 0 Å². The van der Waals surface area contributed by atoms with E-state index in [-0.39, 0.29) is 11.9 Å². The van der Waals surface area contributed by atoms with Gasteiger partial charge in [-0.15, -0.1) is 0 Å². The molecule has 1 fully saturated rings. The van der Waals surface area contributed by atoms with Crippen LogP contribution in [0.1, 0.15) is 62.9 Å². The van der Waals surface area contributed by atoms with Gasteiger partial charge in [0.25, 0.3) is 5.91 Å². The highest BCUT2D eigenvalue weighted by molar-refractivity contribution is 5.94. The third-order valence-corrected chi connectivity index (χ3v) is 4.42. The van der Waals surface area contributed by atoms with Gasteiger partial charge in [-0.2, -0.15) is 5.10 Å². The highest BCUT2D eigenvalue weighted by Gasteiger charge is 2.43. The topological polar surface area (TPSA) is 75.4 Å². The van der Waals surface area contributed by atoms with Crippen LogP contribution in [0.15, 0.2) is 12.4 Å². The molecule has 22 heavy (non-hydrogen) atoms. The molecule has 0 aromatic carbocycles. The quantitative estimate of drug-likeness (QED) is 0.907. The molecule has 1 aliphatic heterocycles. The molecule has 6 heteroatoms. The minimum absolute atomic E-state index is 0.117. The number of carboxylic acids is 1. The zero-order valence-corrected chi connectivity index (χ0v) is 13.6. The van der Waals surface area contributed by atoms with Crippen molar-refractivity contribution in [3.63, 3.8) is 0 Å². The Bertz CT molecular complexity index is 549. The van der Waals surface area contributed by atoms with Crippen molar-refractivity contribution >= 4 is 11.9 Å². The maximum absolute atomic E-state index is 12.6. The number of hydrogen-bond donors (Lipinski definition) is 1. The number of aliphatic carboxylic acids is 1. The van der Waals surface area contributed by atoms with Crippen LogP contribution in [-0.2, 0) is 4.79 Å². The van der Waals surface area contributed by atoms with Crippen LogP contribution in [0.4, 0.5) is 0 Å². The first kappa shape index (κ1) is 16.5. The zero-order valence-electron chi connectivity index (χ0n) is 13.6. The molecule has 1 aromatic rings. The lowest BCUT2D eigenvalue weighted by Crippen LogP contribution is -2.49. The average molecular weight is 307 g/mol. The first-order valence-electron chi connectivity index (χ1n) is 7.96. The SMILES string of the molecule is CCCC1(C(=O)O)CCCN(C(=O)c2cnn(C(C)C)c2)C1. The minimum atomic E-state index is -0.795. The van der Waals surface area contributed by atoms with Crippen LogP contribution in [0.2, 0.25) is 0 Å². The van der Waals surface area contributed by atoms with Crippen molar-refractivity contribution in [1.82, 2.24) is 14.7 Å². The molecule has 0 spiro atoms. The molecule has 1 N–H and O–H groups in total. The Kier molecular flexibility index (Phi) is 4.88. The lowest BCUT2D eigenvalue weighted by molar-refractivity contribution is -0.152. The second kappa shape index (κ2) is 6.50. The van der Waals surface area contributed by atoms with Gasteiger partial charge in [0.05, 0.1) is 17.2 Å². The number of carbonyl (C=O) groups is 2. The normalized spacial score (nSPS) is 22.1. The summed E-state index contributed by atoms with van der Waals surface area (Å²) in [7, 11) is 0. The fraction of sp³-hybridized carbons (Fsp3) is 0.688. The van der Waals surface area contributed by atoms with E-state index in [0.717, 1.165) is 12.8 Å². The highest BCUT2D eigenvalue weighted by Crippen LogP contribution is 2.35. The van der Waals surface area contributed by atoms with Gasteiger partial charge in [0.15, 0.2) is 0 Å². The summed E-state index contributed by atoms with van der Waals surface area (Å²) in [5, 5.41) is 13.8. The largest absolute Gasteiger partial charge is 0.481 e. The standard InChI is InChI=1S/C16H25N3O3/c1-4-6-16(15(21)22)7-5-8-18(11-16)14(20)13-9-17-19(10-13)12(2)3/h9-10,12H,4-8,11H2,1-3H3,(H,21,22). The maximum atomic E-state index is 12.6. The van der Waals surface area contributed by atoms with Gasteiger partial charge in [0.2, 0.25) is 0 Å². The summed E-state index contributed by atoms with van der Waals surface area (Å²) < 4.78 is 1.74. The lowest BCUT2D eigenvalue weighted by Gasteiger charge is -2.39. The molecular formula is C16H25N3O3. The number of piperidine rings is 1. The number of rotatable bonds is 5. The Labute approximate surface area is 131 Å². The second-order valence-corrected chi connectivity index (χ2v) is 6.47. The van der Waals surface area contributed by atoms with Crippen LogP contribution in [0.5, 0.6) is 0 Å². The monoisotopic (exact) mass is 307 g/mol. The van der Waals surface area contributed by atoms with E-state index in [1.54, 1.807) is 22.0 Å². The third-order valence-electron chi connectivity index (χ3n) is 4.42. The molecule has 1 unspecified atom stereocenters. The molecule has 2 rings (SSSR count). The Balaban J connectivity index is 2.17. The highest BCUT2D eigenvalue weighted by atomic mass is 16.4. The van der Waals surface area contributed by atoms with E-state index in [4.69, 9.17) is 0 Å². The zero-order chi connectivity index (χ0) is 16.3. The summed E-state index contributed by atoms with van der Waals surface area (Å²) in [6.45, 7) is 6.89. The lowest BCUT2D eigenvalue weighted by atomic mass is 9.76. The van der Waals surface area contributed by atoms with E-state index in [0.29, 0.717) is 31.5 Å². The average Bonchev–Trinajstić information content (AvgIpc) is 2.97. The molecule has 1 amide bonds. The van der Waals surface area contributed by atoms with Crippen LogP contribution < -0.4 is 0 Å². The number of carbonyl (C=O) groups excluding carboxylic acids is 1. The van der Waals surface area contributed by atoms with E-state index < -0.39 is 11.4 Å². The number of amides is 1. The van der Waals surface area contributed by atoms with E-state index in [1.807, 2.05) is 20.8 Å². The van der Waals surface area contributed by atoms with Gasteiger partial charge in [-0.3, -0.25) is 14.3 Å². The molecule has 0 saturated carbocycles. The molecule has 1 atom stereocenters. The van der Waals surface area contributed by atoms with E-state index in [1.165, 1.54) is 0 Å². The Morgan fingerprint density at radius 1 is 1.45 bits per heavy atom. The number of carboxylic acid groups (broad SMARTS) is 1. The van der Waals surface area contributed by atoms with Gasteiger partial charge in [-0.05, 0) is 33.1 Å². The van der Waals surface area contributed by atoms with Gasteiger partial charge in [-0.25, -0.2) is 0 Å².